The molecule has 1 heterocycles. The van der Waals surface area contributed by atoms with Crippen LogP contribution < -0.4 is 0 Å². The van der Waals surface area contributed by atoms with Crippen molar-refractivity contribution in [2.24, 2.45) is 0 Å². The van der Waals surface area contributed by atoms with Gasteiger partial charge >= 0.3 is 5.97 Å². The molecule has 0 aliphatic rings. The van der Waals surface area contributed by atoms with Crippen LogP contribution in [0.5, 0.6) is 0 Å². The zero-order chi connectivity index (χ0) is 16.2. The van der Waals surface area contributed by atoms with E-state index < -0.39 is 10.9 Å². The van der Waals surface area contributed by atoms with Gasteiger partial charge in [-0.25, -0.2) is 4.98 Å². The van der Waals surface area contributed by atoms with Crippen LogP contribution in [0.2, 0.25) is 0 Å². The van der Waals surface area contributed by atoms with Gasteiger partial charge in [-0.15, -0.1) is 0 Å². The molecule has 0 N–H and O–H groups in total. The second kappa shape index (κ2) is 6.27. The van der Waals surface area contributed by atoms with E-state index in [1.807, 2.05) is 24.3 Å². The molecule has 0 unspecified atom stereocenters. The summed E-state index contributed by atoms with van der Waals surface area (Å²) in [6, 6.07) is 13.5. The maximum absolute atomic E-state index is 11.9. The standard InChI is InChI=1S/C16H13N3O4/c20-16(9-18-11-17-14-6-1-2-7-15(14)18)23-10-12-4-3-5-13(8-12)19(21)22/h1-8,11H,9-10H2. The molecule has 0 saturated heterocycles. The molecule has 1 aromatic heterocycles. The Hall–Kier alpha value is -3.22. The normalized spacial score (nSPS) is 10.6. The Morgan fingerprint density at radius 3 is 2.87 bits per heavy atom. The van der Waals surface area contributed by atoms with Crippen LogP contribution in [-0.2, 0) is 22.7 Å². The van der Waals surface area contributed by atoms with E-state index in [4.69, 9.17) is 4.74 Å². The van der Waals surface area contributed by atoms with E-state index in [1.165, 1.54) is 12.1 Å². The van der Waals surface area contributed by atoms with Gasteiger partial charge in [0.2, 0.25) is 0 Å². The number of hydrogen-bond acceptors (Lipinski definition) is 5. The number of imidazole rings is 1. The van der Waals surface area contributed by atoms with Crippen LogP contribution in [0.4, 0.5) is 5.69 Å². The lowest BCUT2D eigenvalue weighted by Gasteiger charge is -2.06. The molecular formula is C16H13N3O4. The number of rotatable bonds is 5. The van der Waals surface area contributed by atoms with Gasteiger partial charge in [0.15, 0.2) is 0 Å². The highest BCUT2D eigenvalue weighted by Gasteiger charge is 2.10. The molecule has 0 amide bonds. The minimum Gasteiger partial charge on any atom is -0.459 e. The van der Waals surface area contributed by atoms with E-state index in [0.717, 1.165) is 11.0 Å². The molecule has 0 bridgehead atoms. The Labute approximate surface area is 131 Å². The summed E-state index contributed by atoms with van der Waals surface area (Å²) in [5.74, 6) is -0.431. The second-order valence-corrected chi connectivity index (χ2v) is 4.95. The van der Waals surface area contributed by atoms with Gasteiger partial charge in [0.25, 0.3) is 5.69 Å². The summed E-state index contributed by atoms with van der Waals surface area (Å²) in [5.41, 5.74) is 2.20. The Morgan fingerprint density at radius 2 is 2.04 bits per heavy atom. The van der Waals surface area contributed by atoms with E-state index in [-0.39, 0.29) is 18.8 Å². The maximum Gasteiger partial charge on any atom is 0.326 e. The van der Waals surface area contributed by atoms with Gasteiger partial charge in [-0.3, -0.25) is 14.9 Å². The molecule has 0 saturated carbocycles. The lowest BCUT2D eigenvalue weighted by Crippen LogP contribution is -2.12. The van der Waals surface area contributed by atoms with E-state index in [2.05, 4.69) is 4.98 Å². The predicted octanol–water partition coefficient (Wildman–Crippen LogP) is 2.69. The first kappa shape index (κ1) is 14.7. The summed E-state index contributed by atoms with van der Waals surface area (Å²) < 4.78 is 6.87. The summed E-state index contributed by atoms with van der Waals surface area (Å²) in [6.07, 6.45) is 1.58. The molecule has 7 nitrogen and oxygen atoms in total. The number of aromatic nitrogens is 2. The minimum atomic E-state index is -0.483. The van der Waals surface area contributed by atoms with Crippen molar-refractivity contribution in [2.75, 3.05) is 0 Å². The van der Waals surface area contributed by atoms with Crippen molar-refractivity contribution in [1.82, 2.24) is 9.55 Å². The number of nitro groups is 1. The van der Waals surface area contributed by atoms with Crippen molar-refractivity contribution < 1.29 is 14.5 Å². The predicted molar refractivity (Wildman–Crippen MR) is 82.6 cm³/mol. The van der Waals surface area contributed by atoms with Crippen LogP contribution in [0.25, 0.3) is 11.0 Å². The zero-order valence-electron chi connectivity index (χ0n) is 12.1. The number of para-hydroxylation sites is 2. The highest BCUT2D eigenvalue weighted by Crippen LogP contribution is 2.15. The van der Waals surface area contributed by atoms with Crippen LogP contribution in [0, 0.1) is 10.1 Å². The summed E-state index contributed by atoms with van der Waals surface area (Å²) in [4.78, 5) is 26.4. The van der Waals surface area contributed by atoms with Gasteiger partial charge in [0, 0.05) is 12.1 Å². The highest BCUT2D eigenvalue weighted by molar-refractivity contribution is 5.78. The monoisotopic (exact) mass is 311 g/mol. The van der Waals surface area contributed by atoms with Gasteiger partial charge in [-0.2, -0.15) is 0 Å². The molecule has 0 fully saturated rings. The molecule has 3 rings (SSSR count). The third-order valence-corrected chi connectivity index (χ3v) is 3.35. The molecule has 0 aliphatic carbocycles. The topological polar surface area (TPSA) is 87.3 Å². The number of benzene rings is 2. The quantitative estimate of drug-likeness (QED) is 0.411. The number of fused-ring (bicyclic) bond motifs is 1. The average molecular weight is 311 g/mol. The van der Waals surface area contributed by atoms with Crippen molar-refractivity contribution in [2.45, 2.75) is 13.2 Å². The van der Waals surface area contributed by atoms with Crippen LogP contribution >= 0.6 is 0 Å². The van der Waals surface area contributed by atoms with Crippen LogP contribution in [0.3, 0.4) is 0 Å². The van der Waals surface area contributed by atoms with Crippen LogP contribution in [-0.4, -0.2) is 20.4 Å². The van der Waals surface area contributed by atoms with E-state index in [0.29, 0.717) is 5.56 Å². The maximum atomic E-state index is 11.9. The van der Waals surface area contributed by atoms with Gasteiger partial charge in [-0.05, 0) is 17.7 Å². The Morgan fingerprint density at radius 1 is 1.22 bits per heavy atom. The lowest BCUT2D eigenvalue weighted by molar-refractivity contribution is -0.384. The molecule has 0 atom stereocenters. The zero-order valence-corrected chi connectivity index (χ0v) is 12.1. The number of carbonyl (C=O) groups excluding carboxylic acids is 1. The number of ether oxygens (including phenoxy) is 1. The highest BCUT2D eigenvalue weighted by atomic mass is 16.6. The first-order valence-electron chi connectivity index (χ1n) is 6.92. The molecule has 0 radical (unpaired) electrons. The summed E-state index contributed by atoms with van der Waals surface area (Å²) >= 11 is 0. The van der Waals surface area contributed by atoms with Gasteiger partial charge in [0.05, 0.1) is 22.3 Å². The number of non-ortho nitro benzene ring substituents is 1. The second-order valence-electron chi connectivity index (χ2n) is 4.95. The molecular weight excluding hydrogens is 298 g/mol. The number of hydrogen-bond donors (Lipinski definition) is 0. The number of nitro benzene ring substituents is 1. The van der Waals surface area contributed by atoms with Gasteiger partial charge in [0.1, 0.15) is 13.2 Å². The molecule has 0 spiro atoms. The molecule has 2 aromatic carbocycles. The average Bonchev–Trinajstić information content (AvgIpc) is 2.96. The molecule has 3 aromatic rings. The largest absolute Gasteiger partial charge is 0.459 e. The lowest BCUT2D eigenvalue weighted by atomic mass is 10.2. The molecule has 0 aliphatic heterocycles. The third-order valence-electron chi connectivity index (χ3n) is 3.35. The van der Waals surface area contributed by atoms with Crippen molar-refractivity contribution in [3.05, 3.63) is 70.5 Å². The fourth-order valence-corrected chi connectivity index (χ4v) is 2.24. The molecule has 23 heavy (non-hydrogen) atoms. The van der Waals surface area contributed by atoms with Crippen molar-refractivity contribution in [3.8, 4) is 0 Å². The van der Waals surface area contributed by atoms with Crippen LogP contribution in [0.15, 0.2) is 54.9 Å². The van der Waals surface area contributed by atoms with Crippen LogP contribution in [0.1, 0.15) is 5.56 Å². The van der Waals surface area contributed by atoms with Crippen molar-refractivity contribution in [1.29, 1.82) is 0 Å². The number of esters is 1. The summed E-state index contributed by atoms with van der Waals surface area (Å²) in [7, 11) is 0. The van der Waals surface area contributed by atoms with Crippen molar-refractivity contribution in [3.63, 3.8) is 0 Å². The fourth-order valence-electron chi connectivity index (χ4n) is 2.24. The number of carbonyl (C=O) groups is 1. The summed E-state index contributed by atoms with van der Waals surface area (Å²) in [6.45, 7) is 0.0303. The van der Waals surface area contributed by atoms with E-state index >= 15 is 0 Å². The summed E-state index contributed by atoms with van der Waals surface area (Å²) in [5, 5.41) is 10.7. The smallest absolute Gasteiger partial charge is 0.326 e. The first-order valence-corrected chi connectivity index (χ1v) is 6.92. The minimum absolute atomic E-state index is 0.00680. The Kier molecular flexibility index (Phi) is 4.01. The third kappa shape index (κ3) is 3.34. The first-order chi connectivity index (χ1) is 11.1. The van der Waals surface area contributed by atoms with Gasteiger partial charge < -0.3 is 9.30 Å². The Bertz CT molecular complexity index is 872. The van der Waals surface area contributed by atoms with E-state index in [1.54, 1.807) is 23.0 Å². The van der Waals surface area contributed by atoms with Gasteiger partial charge in [-0.1, -0.05) is 24.3 Å². The van der Waals surface area contributed by atoms with Crippen molar-refractivity contribution >= 4 is 22.7 Å². The number of nitrogens with zero attached hydrogens (tertiary/aromatic N) is 3. The molecule has 116 valence electrons. The molecule has 7 heteroatoms. The fraction of sp³-hybridized carbons (Fsp3) is 0.125. The van der Waals surface area contributed by atoms with E-state index in [9.17, 15) is 14.9 Å². The SMILES string of the molecule is O=C(Cn1cnc2ccccc21)OCc1cccc([N+](=O)[O-])c1. The Balaban J connectivity index is 1.64.